The van der Waals surface area contributed by atoms with E-state index in [0.29, 0.717) is 54.9 Å². The SMILES string of the molecule is COc1ccc2cc1OCCn1nc(-c3ccccc3)nc1[C@@H](C)NC(=O)CN(Cc1ccncc1)CCNC2=O. The van der Waals surface area contributed by atoms with E-state index in [-0.39, 0.29) is 25.0 Å². The third-order valence-electron chi connectivity index (χ3n) is 6.72. The van der Waals surface area contributed by atoms with E-state index in [1.807, 2.05) is 54.3 Å². The van der Waals surface area contributed by atoms with Gasteiger partial charge in [0.15, 0.2) is 17.3 Å². The summed E-state index contributed by atoms with van der Waals surface area (Å²) in [6, 6.07) is 18.2. The van der Waals surface area contributed by atoms with E-state index >= 15 is 0 Å². The highest BCUT2D eigenvalue weighted by Crippen LogP contribution is 2.28. The Morgan fingerprint density at radius 3 is 2.61 bits per heavy atom. The zero-order valence-electron chi connectivity index (χ0n) is 23.1. The fourth-order valence-electron chi connectivity index (χ4n) is 4.67. The van der Waals surface area contributed by atoms with E-state index in [4.69, 9.17) is 19.6 Å². The number of amides is 2. The predicted molar refractivity (Wildman–Crippen MR) is 152 cm³/mol. The van der Waals surface area contributed by atoms with Crippen LogP contribution >= 0.6 is 0 Å². The number of aromatic nitrogens is 4. The van der Waals surface area contributed by atoms with E-state index in [9.17, 15) is 9.59 Å². The molecule has 1 atom stereocenters. The molecule has 2 aromatic carbocycles. The van der Waals surface area contributed by atoms with Gasteiger partial charge >= 0.3 is 0 Å². The minimum atomic E-state index is -0.413. The van der Waals surface area contributed by atoms with Gasteiger partial charge in [0.2, 0.25) is 5.91 Å². The van der Waals surface area contributed by atoms with Gasteiger partial charge in [0.25, 0.3) is 5.91 Å². The summed E-state index contributed by atoms with van der Waals surface area (Å²) in [5.74, 6) is 1.75. The van der Waals surface area contributed by atoms with E-state index < -0.39 is 6.04 Å². The molecular weight excluding hydrogens is 522 g/mol. The molecule has 0 radical (unpaired) electrons. The molecule has 0 saturated carbocycles. The monoisotopic (exact) mass is 555 g/mol. The smallest absolute Gasteiger partial charge is 0.251 e. The summed E-state index contributed by atoms with van der Waals surface area (Å²) in [6.45, 7) is 3.97. The van der Waals surface area contributed by atoms with Gasteiger partial charge in [-0.25, -0.2) is 9.67 Å². The van der Waals surface area contributed by atoms with Gasteiger partial charge in [-0.1, -0.05) is 30.3 Å². The van der Waals surface area contributed by atoms with Crippen molar-refractivity contribution in [3.05, 3.63) is 90.0 Å². The average Bonchev–Trinajstić information content (AvgIpc) is 3.42. The number of nitrogens with one attached hydrogen (secondary N) is 2. The Hall–Kier alpha value is -4.77. The molecule has 2 bridgehead atoms. The maximum absolute atomic E-state index is 13.2. The molecule has 0 aliphatic carbocycles. The Labute approximate surface area is 238 Å². The van der Waals surface area contributed by atoms with Crippen LogP contribution in [0.4, 0.5) is 0 Å². The number of fused-ring (bicyclic) bond motifs is 3. The molecule has 4 aromatic rings. The van der Waals surface area contributed by atoms with E-state index in [2.05, 4.69) is 15.6 Å². The number of hydrogen-bond donors (Lipinski definition) is 2. The molecule has 0 unspecified atom stereocenters. The number of ether oxygens (including phenoxy) is 2. The lowest BCUT2D eigenvalue weighted by Crippen LogP contribution is -2.42. The molecule has 0 spiro atoms. The Morgan fingerprint density at radius 2 is 1.83 bits per heavy atom. The molecule has 0 saturated heterocycles. The summed E-state index contributed by atoms with van der Waals surface area (Å²) in [6.07, 6.45) is 3.44. The Balaban J connectivity index is 1.45. The normalized spacial score (nSPS) is 17.0. The van der Waals surface area contributed by atoms with Crippen LogP contribution in [0.5, 0.6) is 11.5 Å². The van der Waals surface area contributed by atoms with Crippen LogP contribution < -0.4 is 20.1 Å². The number of pyridine rings is 1. The lowest BCUT2D eigenvalue weighted by atomic mass is 10.2. The van der Waals surface area contributed by atoms with E-state index in [1.165, 1.54) is 0 Å². The van der Waals surface area contributed by atoms with Crippen molar-refractivity contribution in [3.8, 4) is 22.9 Å². The second-order valence-corrected chi connectivity index (χ2v) is 9.71. The number of carbonyl (C=O) groups is 2. The lowest BCUT2D eigenvalue weighted by molar-refractivity contribution is -0.123. The summed E-state index contributed by atoms with van der Waals surface area (Å²) in [5, 5.41) is 10.8. The Morgan fingerprint density at radius 1 is 1.02 bits per heavy atom. The molecule has 11 heteroatoms. The summed E-state index contributed by atoms with van der Waals surface area (Å²) < 4.78 is 13.3. The number of rotatable bonds is 4. The molecule has 11 nitrogen and oxygen atoms in total. The fourth-order valence-corrected chi connectivity index (χ4v) is 4.67. The minimum Gasteiger partial charge on any atom is -0.493 e. The molecule has 1 aliphatic heterocycles. The highest BCUT2D eigenvalue weighted by molar-refractivity contribution is 5.94. The molecule has 212 valence electrons. The van der Waals surface area contributed by atoms with E-state index in [1.54, 1.807) is 42.4 Å². The van der Waals surface area contributed by atoms with Gasteiger partial charge in [-0.3, -0.25) is 19.5 Å². The highest BCUT2D eigenvalue weighted by atomic mass is 16.5. The first-order valence-electron chi connectivity index (χ1n) is 13.5. The number of methoxy groups -OCH3 is 1. The number of benzene rings is 2. The first-order valence-corrected chi connectivity index (χ1v) is 13.5. The third kappa shape index (κ3) is 7.06. The van der Waals surface area contributed by atoms with Crippen molar-refractivity contribution in [1.29, 1.82) is 0 Å². The maximum Gasteiger partial charge on any atom is 0.251 e. The second kappa shape index (κ2) is 13.1. The molecular formula is C30H33N7O4. The first-order chi connectivity index (χ1) is 20.0. The van der Waals surface area contributed by atoms with Crippen molar-refractivity contribution in [1.82, 2.24) is 35.3 Å². The van der Waals surface area contributed by atoms with Crippen molar-refractivity contribution < 1.29 is 19.1 Å². The topological polar surface area (TPSA) is 124 Å². The van der Waals surface area contributed by atoms with Crippen LogP contribution in [0.25, 0.3) is 11.4 Å². The maximum atomic E-state index is 13.2. The van der Waals surface area contributed by atoms with Crippen molar-refractivity contribution in [2.45, 2.75) is 26.1 Å². The molecule has 1 aliphatic rings. The van der Waals surface area contributed by atoms with Crippen molar-refractivity contribution in [2.75, 3.05) is 33.4 Å². The Kier molecular flexibility index (Phi) is 8.85. The first kappa shape index (κ1) is 27.8. The second-order valence-electron chi connectivity index (χ2n) is 9.71. The molecule has 0 fully saturated rings. The summed E-state index contributed by atoms with van der Waals surface area (Å²) in [4.78, 5) is 37.1. The summed E-state index contributed by atoms with van der Waals surface area (Å²) in [5.41, 5.74) is 2.34. The standard InChI is InChI=1S/C30H33N7O4/c1-21-29-34-28(23-6-4-3-5-7-23)35-37(29)16-17-41-26-18-24(8-9-25(26)40-2)30(39)32-14-15-36(20-27(38)33-21)19-22-10-12-31-13-11-22/h3-13,18,21H,14-17,19-20H2,1-2H3,(H,32,39)(H,33,38)/t21-/m1/s1. The van der Waals surface area contributed by atoms with Gasteiger partial charge in [-0.2, -0.15) is 5.10 Å². The molecule has 2 amide bonds. The van der Waals surface area contributed by atoms with Gasteiger partial charge in [-0.15, -0.1) is 0 Å². The van der Waals surface area contributed by atoms with Crippen LogP contribution in [0.3, 0.4) is 0 Å². The molecule has 2 N–H and O–H groups in total. The predicted octanol–water partition coefficient (Wildman–Crippen LogP) is 2.85. The van der Waals surface area contributed by atoms with Crippen molar-refractivity contribution in [2.24, 2.45) is 0 Å². The van der Waals surface area contributed by atoms with Crippen LogP contribution in [0.2, 0.25) is 0 Å². The molecule has 41 heavy (non-hydrogen) atoms. The van der Waals surface area contributed by atoms with Gasteiger partial charge < -0.3 is 20.1 Å². The fraction of sp³-hybridized carbons (Fsp3) is 0.300. The zero-order valence-corrected chi connectivity index (χ0v) is 23.1. The van der Waals surface area contributed by atoms with Crippen molar-refractivity contribution in [3.63, 3.8) is 0 Å². The largest absolute Gasteiger partial charge is 0.493 e. The number of carbonyl (C=O) groups excluding carboxylic acids is 2. The molecule has 3 heterocycles. The van der Waals surface area contributed by atoms with Crippen LogP contribution in [0.1, 0.15) is 34.7 Å². The summed E-state index contributed by atoms with van der Waals surface area (Å²) in [7, 11) is 1.56. The van der Waals surface area contributed by atoms with Crippen LogP contribution in [-0.2, 0) is 17.9 Å². The van der Waals surface area contributed by atoms with E-state index in [0.717, 1.165) is 11.1 Å². The van der Waals surface area contributed by atoms with Gasteiger partial charge in [0.1, 0.15) is 12.4 Å². The van der Waals surface area contributed by atoms with Crippen LogP contribution in [0, 0.1) is 0 Å². The quantitative estimate of drug-likeness (QED) is 0.394. The van der Waals surface area contributed by atoms with Gasteiger partial charge in [-0.05, 0) is 42.8 Å². The average molecular weight is 556 g/mol. The summed E-state index contributed by atoms with van der Waals surface area (Å²) >= 11 is 0. The van der Waals surface area contributed by atoms with Crippen LogP contribution in [-0.4, -0.2) is 69.8 Å². The van der Waals surface area contributed by atoms with Gasteiger partial charge in [0, 0.05) is 43.2 Å². The minimum absolute atomic E-state index is 0.137. The van der Waals surface area contributed by atoms with Gasteiger partial charge in [0.05, 0.1) is 26.2 Å². The number of hydrogen-bond acceptors (Lipinski definition) is 8. The zero-order chi connectivity index (χ0) is 28.6. The van der Waals surface area contributed by atoms with Crippen LogP contribution in [0.15, 0.2) is 73.1 Å². The Bertz CT molecular complexity index is 1480. The molecule has 5 rings (SSSR count). The van der Waals surface area contributed by atoms with Crippen molar-refractivity contribution >= 4 is 11.8 Å². The highest BCUT2D eigenvalue weighted by Gasteiger charge is 2.22. The molecule has 2 aromatic heterocycles. The number of nitrogens with zero attached hydrogens (tertiary/aromatic N) is 5. The third-order valence-corrected chi connectivity index (χ3v) is 6.72. The lowest BCUT2D eigenvalue weighted by Gasteiger charge is -2.23.